The molecule has 1 aromatic carbocycles. The van der Waals surface area contributed by atoms with E-state index in [1.54, 1.807) is 24.3 Å². The molecule has 0 bridgehead atoms. The third-order valence-corrected chi connectivity index (χ3v) is 2.77. The van der Waals surface area contributed by atoms with Gasteiger partial charge in [0.25, 0.3) is 0 Å². The molecule has 0 aliphatic carbocycles. The van der Waals surface area contributed by atoms with Gasteiger partial charge in [0, 0.05) is 18.7 Å². The Morgan fingerprint density at radius 1 is 1.42 bits per heavy atom. The minimum atomic E-state index is -0.239. The molecule has 1 aromatic rings. The number of nitrogens with one attached hydrogen (secondary N) is 1. The van der Waals surface area contributed by atoms with Crippen LogP contribution in [0.4, 0.5) is 0 Å². The van der Waals surface area contributed by atoms with Gasteiger partial charge >= 0.3 is 0 Å². The van der Waals surface area contributed by atoms with Gasteiger partial charge in [0.1, 0.15) is 12.4 Å². The van der Waals surface area contributed by atoms with Gasteiger partial charge in [-0.1, -0.05) is 11.6 Å². The first-order valence-electron chi connectivity index (χ1n) is 6.03. The van der Waals surface area contributed by atoms with Crippen molar-refractivity contribution in [3.63, 3.8) is 0 Å². The third-order valence-electron chi connectivity index (χ3n) is 2.52. The number of nitrogens with two attached hydrogens (primary N) is 1. The summed E-state index contributed by atoms with van der Waals surface area (Å²) in [6.45, 7) is 1.15. The lowest BCUT2D eigenvalue weighted by Crippen LogP contribution is -2.34. The number of carbonyl (C=O) groups is 1. The summed E-state index contributed by atoms with van der Waals surface area (Å²) in [7, 11) is 1.54. The van der Waals surface area contributed by atoms with Crippen molar-refractivity contribution in [2.45, 2.75) is 12.5 Å². The lowest BCUT2D eigenvalue weighted by Gasteiger charge is -2.12. The van der Waals surface area contributed by atoms with Crippen molar-refractivity contribution < 1.29 is 14.3 Å². The molecule has 0 spiro atoms. The Morgan fingerprint density at radius 3 is 2.68 bits per heavy atom. The van der Waals surface area contributed by atoms with Crippen LogP contribution < -0.4 is 15.8 Å². The summed E-state index contributed by atoms with van der Waals surface area (Å²) in [5.74, 6) is 0.618. The Balaban J connectivity index is 2.16. The number of amides is 1. The van der Waals surface area contributed by atoms with Crippen LogP contribution in [0.5, 0.6) is 5.75 Å². The lowest BCUT2D eigenvalue weighted by molar-refractivity contribution is -0.123. The van der Waals surface area contributed by atoms with Gasteiger partial charge in [-0.05, 0) is 24.3 Å². The maximum absolute atomic E-state index is 11.5. The van der Waals surface area contributed by atoms with Gasteiger partial charge in [-0.2, -0.15) is 0 Å². The second-order valence-corrected chi connectivity index (χ2v) is 4.39. The second kappa shape index (κ2) is 8.74. The van der Waals surface area contributed by atoms with E-state index in [9.17, 15) is 4.79 Å². The molecule has 0 saturated heterocycles. The number of halogens is 1. The summed E-state index contributed by atoms with van der Waals surface area (Å²) in [5.41, 5.74) is 5.43. The zero-order valence-electron chi connectivity index (χ0n) is 10.9. The molecule has 0 saturated carbocycles. The van der Waals surface area contributed by atoms with Gasteiger partial charge in [-0.15, -0.1) is 0 Å². The summed E-state index contributed by atoms with van der Waals surface area (Å²) >= 11 is 5.76. The topological polar surface area (TPSA) is 73.6 Å². The molecule has 106 valence electrons. The summed E-state index contributed by atoms with van der Waals surface area (Å²) < 4.78 is 10.5. The van der Waals surface area contributed by atoms with Gasteiger partial charge in [0.15, 0.2) is 0 Å². The molecule has 5 nitrogen and oxygen atoms in total. The van der Waals surface area contributed by atoms with E-state index in [2.05, 4.69) is 5.32 Å². The fourth-order valence-corrected chi connectivity index (χ4v) is 1.56. The van der Waals surface area contributed by atoms with Gasteiger partial charge in [0.05, 0.1) is 19.1 Å². The van der Waals surface area contributed by atoms with E-state index in [-0.39, 0.29) is 18.4 Å². The van der Waals surface area contributed by atoms with Gasteiger partial charge in [-0.3, -0.25) is 4.79 Å². The molecule has 1 rings (SSSR count). The highest BCUT2D eigenvalue weighted by molar-refractivity contribution is 6.30. The molecule has 3 N–H and O–H groups in total. The van der Waals surface area contributed by atoms with Crippen LogP contribution in [0.1, 0.15) is 6.42 Å². The molecule has 0 heterocycles. The largest absolute Gasteiger partial charge is 0.492 e. The smallest absolute Gasteiger partial charge is 0.222 e. The molecular formula is C13H19ClN2O3. The molecule has 0 aliphatic heterocycles. The first kappa shape index (κ1) is 15.8. The molecule has 6 heteroatoms. The first-order valence-corrected chi connectivity index (χ1v) is 6.41. The quantitative estimate of drug-likeness (QED) is 0.704. The summed E-state index contributed by atoms with van der Waals surface area (Å²) in [6.07, 6.45) is 0.0192. The highest BCUT2D eigenvalue weighted by Crippen LogP contribution is 2.15. The maximum Gasteiger partial charge on any atom is 0.222 e. The number of hydrogen-bond donors (Lipinski definition) is 2. The Bertz CT molecular complexity index is 380. The van der Waals surface area contributed by atoms with Crippen molar-refractivity contribution in [2.75, 3.05) is 26.8 Å². The summed E-state index contributed by atoms with van der Waals surface area (Å²) in [5, 5.41) is 3.40. The van der Waals surface area contributed by atoms with E-state index in [4.69, 9.17) is 26.8 Å². The number of rotatable bonds is 8. The van der Waals surface area contributed by atoms with E-state index in [1.165, 1.54) is 7.11 Å². The highest BCUT2D eigenvalue weighted by atomic mass is 35.5. The van der Waals surface area contributed by atoms with Crippen molar-refractivity contribution in [1.29, 1.82) is 0 Å². The van der Waals surface area contributed by atoms with Crippen molar-refractivity contribution in [3.05, 3.63) is 29.3 Å². The van der Waals surface area contributed by atoms with E-state index in [0.29, 0.717) is 24.7 Å². The summed E-state index contributed by atoms with van der Waals surface area (Å²) in [4.78, 5) is 11.5. The highest BCUT2D eigenvalue weighted by Gasteiger charge is 2.10. The average molecular weight is 287 g/mol. The predicted molar refractivity (Wildman–Crippen MR) is 74.4 cm³/mol. The monoisotopic (exact) mass is 286 g/mol. The van der Waals surface area contributed by atoms with E-state index >= 15 is 0 Å². The lowest BCUT2D eigenvalue weighted by atomic mass is 10.2. The minimum Gasteiger partial charge on any atom is -0.492 e. The standard InChI is InChI=1S/C13H19ClN2O3/c1-18-12(9-15)8-13(17)16-6-7-19-11-4-2-10(14)3-5-11/h2-5,12H,6-9,15H2,1H3,(H,16,17). The van der Waals surface area contributed by atoms with Crippen LogP contribution in [0, 0.1) is 0 Å². The molecule has 19 heavy (non-hydrogen) atoms. The van der Waals surface area contributed by atoms with Gasteiger partial charge < -0.3 is 20.5 Å². The fourth-order valence-electron chi connectivity index (χ4n) is 1.43. The van der Waals surface area contributed by atoms with Crippen molar-refractivity contribution >= 4 is 17.5 Å². The van der Waals surface area contributed by atoms with Crippen LogP contribution in [-0.4, -0.2) is 38.8 Å². The van der Waals surface area contributed by atoms with Crippen LogP contribution in [0.25, 0.3) is 0 Å². The average Bonchev–Trinajstić information content (AvgIpc) is 2.43. The van der Waals surface area contributed by atoms with E-state index < -0.39 is 0 Å². The van der Waals surface area contributed by atoms with Crippen molar-refractivity contribution in [1.82, 2.24) is 5.32 Å². The zero-order valence-corrected chi connectivity index (χ0v) is 11.7. The normalized spacial score (nSPS) is 11.9. The number of hydrogen-bond acceptors (Lipinski definition) is 4. The maximum atomic E-state index is 11.5. The molecule has 1 amide bonds. The Hall–Kier alpha value is -1.30. The third kappa shape index (κ3) is 6.42. The Morgan fingerprint density at radius 2 is 2.11 bits per heavy atom. The van der Waals surface area contributed by atoms with Crippen molar-refractivity contribution in [3.8, 4) is 5.75 Å². The van der Waals surface area contributed by atoms with E-state index in [0.717, 1.165) is 5.75 Å². The van der Waals surface area contributed by atoms with Crippen LogP contribution in [-0.2, 0) is 9.53 Å². The Kier molecular flexibility index (Phi) is 7.25. The van der Waals surface area contributed by atoms with Crippen LogP contribution in [0.3, 0.4) is 0 Å². The van der Waals surface area contributed by atoms with Crippen molar-refractivity contribution in [2.24, 2.45) is 5.73 Å². The molecule has 1 unspecified atom stereocenters. The van der Waals surface area contributed by atoms with Gasteiger partial charge in [0.2, 0.25) is 5.91 Å². The van der Waals surface area contributed by atoms with E-state index in [1.807, 2.05) is 0 Å². The predicted octanol–water partition coefficient (Wildman–Crippen LogP) is 1.20. The molecule has 0 radical (unpaired) electrons. The molecule has 1 atom stereocenters. The number of carbonyl (C=O) groups excluding carboxylic acids is 1. The fraction of sp³-hybridized carbons (Fsp3) is 0.462. The van der Waals surface area contributed by atoms with Gasteiger partial charge in [-0.25, -0.2) is 0 Å². The molecule has 0 fully saturated rings. The number of benzene rings is 1. The first-order chi connectivity index (χ1) is 9.15. The molecule has 0 aliphatic rings. The SMILES string of the molecule is COC(CN)CC(=O)NCCOc1ccc(Cl)cc1. The van der Waals surface area contributed by atoms with Crippen LogP contribution >= 0.6 is 11.6 Å². The minimum absolute atomic E-state index is 0.1000. The van der Waals surface area contributed by atoms with Crippen LogP contribution in [0.2, 0.25) is 5.02 Å². The van der Waals surface area contributed by atoms with Crippen LogP contribution in [0.15, 0.2) is 24.3 Å². The zero-order chi connectivity index (χ0) is 14.1. The second-order valence-electron chi connectivity index (χ2n) is 3.95. The Labute approximate surface area is 118 Å². The molecular weight excluding hydrogens is 268 g/mol. The number of methoxy groups -OCH3 is 1. The molecule has 0 aromatic heterocycles. The summed E-state index contributed by atoms with van der Waals surface area (Å²) in [6, 6.07) is 7.05. The number of ether oxygens (including phenoxy) is 2.